The third kappa shape index (κ3) is 5.80. The van der Waals surface area contributed by atoms with Crippen LogP contribution >= 0.6 is 0 Å². The Kier molecular flexibility index (Phi) is 9.86. The molecule has 0 heterocycles. The maximum Gasteiger partial charge on any atom is 0.129 e. The van der Waals surface area contributed by atoms with Gasteiger partial charge in [0.1, 0.15) is 18.7 Å². The van der Waals surface area contributed by atoms with Gasteiger partial charge in [0.05, 0.1) is 19.1 Å². The smallest absolute Gasteiger partial charge is 0.129 e. The van der Waals surface area contributed by atoms with Crippen molar-refractivity contribution in [3.05, 3.63) is 0 Å². The number of aliphatic carboxylic acids is 1. The number of quaternary nitrogens is 1. The predicted molar refractivity (Wildman–Crippen MR) is 80.1 cm³/mol. The minimum atomic E-state index is -0.991. The van der Waals surface area contributed by atoms with E-state index in [1.165, 1.54) is 12.8 Å². The van der Waals surface area contributed by atoms with Crippen LogP contribution < -0.4 is 5.11 Å². The Hall–Kier alpha value is -0.610. The number of likely N-dealkylation sites (N-methyl/N-ethyl adjacent to an activating group) is 1. The zero-order valence-corrected chi connectivity index (χ0v) is 13.7. The number of unbranched alkanes of at least 4 members (excludes halogenated alkanes) is 3. The average Bonchev–Trinajstić information content (AvgIpc) is 2.42. The number of rotatable bonds is 12. The van der Waals surface area contributed by atoms with E-state index in [9.17, 15) is 15.0 Å². The summed E-state index contributed by atoms with van der Waals surface area (Å²) >= 11 is 0. The van der Waals surface area contributed by atoms with E-state index >= 15 is 0 Å². The zero-order valence-electron chi connectivity index (χ0n) is 13.7. The van der Waals surface area contributed by atoms with Gasteiger partial charge in [-0.05, 0) is 20.3 Å². The van der Waals surface area contributed by atoms with Gasteiger partial charge in [-0.25, -0.2) is 0 Å². The molecule has 0 aliphatic rings. The van der Waals surface area contributed by atoms with Crippen LogP contribution in [-0.4, -0.2) is 47.3 Å². The third-order valence-electron chi connectivity index (χ3n) is 4.54. The summed E-state index contributed by atoms with van der Waals surface area (Å²) in [5.74, 6) is -0.991. The highest BCUT2D eigenvalue weighted by molar-refractivity contribution is 5.69. The molecule has 1 N–H and O–H groups in total. The summed E-state index contributed by atoms with van der Waals surface area (Å²) in [5.41, 5.74) is 0. The van der Waals surface area contributed by atoms with Crippen LogP contribution in [-0.2, 0) is 4.79 Å². The van der Waals surface area contributed by atoms with Gasteiger partial charge in [0.15, 0.2) is 0 Å². The molecule has 0 amide bonds. The van der Waals surface area contributed by atoms with Crippen molar-refractivity contribution < 1.29 is 19.5 Å². The van der Waals surface area contributed by atoms with E-state index in [-0.39, 0.29) is 0 Å². The fourth-order valence-corrected chi connectivity index (χ4v) is 3.15. The molecule has 0 aliphatic carbocycles. The van der Waals surface area contributed by atoms with Gasteiger partial charge in [-0.2, -0.15) is 0 Å². The molecule has 0 saturated heterocycles. The lowest BCUT2D eigenvalue weighted by molar-refractivity contribution is -0.944. The molecule has 0 aromatic rings. The van der Waals surface area contributed by atoms with Crippen LogP contribution in [0.15, 0.2) is 0 Å². The summed E-state index contributed by atoms with van der Waals surface area (Å²) in [5, 5.41) is 21.6. The van der Waals surface area contributed by atoms with E-state index in [1.807, 2.05) is 20.8 Å². The standard InChI is InChI=1S/C16H33NO3/c1-5-9-10-11-12-14(18)13-17(7-3,8-4)15(6-2)16(19)20/h14-15,18H,5-13H2,1-4H3. The van der Waals surface area contributed by atoms with E-state index in [0.717, 1.165) is 32.4 Å². The van der Waals surface area contributed by atoms with Crippen LogP contribution in [0.25, 0.3) is 0 Å². The van der Waals surface area contributed by atoms with Gasteiger partial charge in [0, 0.05) is 6.42 Å². The maximum absolute atomic E-state index is 11.4. The Bertz CT molecular complexity index is 264. The number of aliphatic hydroxyl groups is 1. The Morgan fingerprint density at radius 2 is 1.70 bits per heavy atom. The second-order valence-corrected chi connectivity index (χ2v) is 5.78. The molecule has 0 aromatic carbocycles. The maximum atomic E-state index is 11.4. The molecule has 4 nitrogen and oxygen atoms in total. The van der Waals surface area contributed by atoms with Crippen molar-refractivity contribution in [1.82, 2.24) is 0 Å². The quantitative estimate of drug-likeness (QED) is 0.439. The summed E-state index contributed by atoms with van der Waals surface area (Å²) in [6.45, 7) is 10.00. The molecular weight excluding hydrogens is 254 g/mol. The number of carboxylic acids is 1. The molecule has 0 bridgehead atoms. The van der Waals surface area contributed by atoms with E-state index in [2.05, 4.69) is 6.92 Å². The molecule has 20 heavy (non-hydrogen) atoms. The molecule has 0 aromatic heterocycles. The normalized spacial score (nSPS) is 15.1. The van der Waals surface area contributed by atoms with Gasteiger partial charge < -0.3 is 19.5 Å². The molecule has 0 aliphatic heterocycles. The highest BCUT2D eigenvalue weighted by Gasteiger charge is 2.35. The van der Waals surface area contributed by atoms with Gasteiger partial charge in [-0.3, -0.25) is 0 Å². The minimum absolute atomic E-state index is 0.417. The summed E-state index contributed by atoms with van der Waals surface area (Å²) in [6, 6.07) is -0.518. The Labute approximate surface area is 124 Å². The Balaban J connectivity index is 4.62. The fraction of sp³-hybridized carbons (Fsp3) is 0.938. The second-order valence-electron chi connectivity index (χ2n) is 5.78. The number of carboxylic acid groups (broad SMARTS) is 1. The average molecular weight is 287 g/mol. The molecule has 2 atom stereocenters. The SMILES string of the molecule is CCCCCCC(O)C[N+](CC)(CC)C(CC)C(=O)[O-]. The number of carbonyl (C=O) groups excluding carboxylic acids is 1. The molecule has 0 saturated carbocycles. The van der Waals surface area contributed by atoms with Crippen LogP contribution in [0.1, 0.15) is 66.2 Å². The topological polar surface area (TPSA) is 60.4 Å². The monoisotopic (exact) mass is 287 g/mol. The van der Waals surface area contributed by atoms with Gasteiger partial charge in [-0.15, -0.1) is 0 Å². The zero-order chi connectivity index (χ0) is 15.6. The Morgan fingerprint density at radius 3 is 2.10 bits per heavy atom. The van der Waals surface area contributed by atoms with Crippen molar-refractivity contribution >= 4 is 5.97 Å². The highest BCUT2D eigenvalue weighted by Crippen LogP contribution is 2.19. The second kappa shape index (κ2) is 10.2. The molecule has 120 valence electrons. The molecule has 0 spiro atoms. The highest BCUT2D eigenvalue weighted by atomic mass is 16.4. The van der Waals surface area contributed by atoms with Crippen molar-refractivity contribution in [2.75, 3.05) is 19.6 Å². The van der Waals surface area contributed by atoms with E-state index in [1.54, 1.807) is 0 Å². The first-order valence-electron chi connectivity index (χ1n) is 8.22. The minimum Gasteiger partial charge on any atom is -0.544 e. The van der Waals surface area contributed by atoms with Crippen molar-refractivity contribution in [3.8, 4) is 0 Å². The van der Waals surface area contributed by atoms with E-state index in [4.69, 9.17) is 0 Å². The predicted octanol–water partition coefficient (Wildman–Crippen LogP) is 1.70. The summed E-state index contributed by atoms with van der Waals surface area (Å²) in [4.78, 5) is 11.4. The lowest BCUT2D eigenvalue weighted by Crippen LogP contribution is -2.63. The van der Waals surface area contributed by atoms with Crippen molar-refractivity contribution in [1.29, 1.82) is 0 Å². The van der Waals surface area contributed by atoms with E-state index < -0.39 is 18.1 Å². The first kappa shape index (κ1) is 19.4. The van der Waals surface area contributed by atoms with Gasteiger partial charge in [-0.1, -0.05) is 39.5 Å². The molecule has 0 rings (SSSR count). The lowest BCUT2D eigenvalue weighted by Gasteiger charge is -2.45. The van der Waals surface area contributed by atoms with Crippen LogP contribution in [0.5, 0.6) is 0 Å². The van der Waals surface area contributed by atoms with Gasteiger partial charge in [0.25, 0.3) is 0 Å². The van der Waals surface area contributed by atoms with Gasteiger partial charge >= 0.3 is 0 Å². The first-order valence-corrected chi connectivity index (χ1v) is 8.22. The van der Waals surface area contributed by atoms with Crippen molar-refractivity contribution in [2.24, 2.45) is 0 Å². The first-order chi connectivity index (χ1) is 9.47. The van der Waals surface area contributed by atoms with E-state index in [0.29, 0.717) is 17.4 Å². The molecule has 2 unspecified atom stereocenters. The number of nitrogens with zero attached hydrogens (tertiary/aromatic N) is 1. The number of carbonyl (C=O) groups is 1. The number of aliphatic hydroxyl groups excluding tert-OH is 1. The lowest BCUT2D eigenvalue weighted by atomic mass is 10.0. The van der Waals surface area contributed by atoms with Crippen LogP contribution in [0.3, 0.4) is 0 Å². The summed E-state index contributed by atoms with van der Waals surface area (Å²) in [6.07, 6.45) is 5.44. The van der Waals surface area contributed by atoms with Crippen LogP contribution in [0, 0.1) is 0 Å². The summed E-state index contributed by atoms with van der Waals surface area (Å²) in [7, 11) is 0. The number of hydrogen-bond donors (Lipinski definition) is 1. The third-order valence-corrected chi connectivity index (χ3v) is 4.54. The van der Waals surface area contributed by atoms with Crippen molar-refractivity contribution in [2.45, 2.75) is 78.4 Å². The number of hydrogen-bond acceptors (Lipinski definition) is 3. The van der Waals surface area contributed by atoms with Crippen LogP contribution in [0.2, 0.25) is 0 Å². The van der Waals surface area contributed by atoms with Crippen molar-refractivity contribution in [3.63, 3.8) is 0 Å². The molecule has 4 heteroatoms. The molecule has 0 fully saturated rings. The van der Waals surface area contributed by atoms with Crippen LogP contribution in [0.4, 0.5) is 0 Å². The molecular formula is C16H33NO3. The summed E-state index contributed by atoms with van der Waals surface area (Å²) < 4.78 is 0.424. The fourth-order valence-electron chi connectivity index (χ4n) is 3.15. The Morgan fingerprint density at radius 1 is 1.10 bits per heavy atom. The molecule has 0 radical (unpaired) electrons. The largest absolute Gasteiger partial charge is 0.544 e. The van der Waals surface area contributed by atoms with Gasteiger partial charge in [0.2, 0.25) is 0 Å².